The van der Waals surface area contributed by atoms with Crippen LogP contribution in [0.3, 0.4) is 0 Å². The molecule has 27 heavy (non-hydrogen) atoms. The quantitative estimate of drug-likeness (QED) is 0.741. The van der Waals surface area contributed by atoms with Crippen LogP contribution >= 0.6 is 11.8 Å². The summed E-state index contributed by atoms with van der Waals surface area (Å²) in [6.45, 7) is 3.25. The van der Waals surface area contributed by atoms with Gasteiger partial charge in [-0.2, -0.15) is 0 Å². The van der Waals surface area contributed by atoms with Crippen LogP contribution in [0.15, 0.2) is 23.4 Å². The maximum absolute atomic E-state index is 12.2. The van der Waals surface area contributed by atoms with Crippen LogP contribution in [0.25, 0.3) is 0 Å². The summed E-state index contributed by atoms with van der Waals surface area (Å²) in [4.78, 5) is 14.3. The maximum Gasteiger partial charge on any atom is 0.231 e. The van der Waals surface area contributed by atoms with Crippen LogP contribution < -0.4 is 19.7 Å². The maximum atomic E-state index is 12.2. The lowest BCUT2D eigenvalue weighted by atomic mass is 10.2. The smallest absolute Gasteiger partial charge is 0.231 e. The second kappa shape index (κ2) is 8.05. The van der Waals surface area contributed by atoms with Gasteiger partial charge in [0.2, 0.25) is 18.6 Å². The molecule has 1 saturated heterocycles. The van der Waals surface area contributed by atoms with Gasteiger partial charge in [-0.15, -0.1) is 10.2 Å². The zero-order valence-electron chi connectivity index (χ0n) is 15.0. The molecule has 2 aliphatic heterocycles. The van der Waals surface area contributed by atoms with Crippen LogP contribution in [0.2, 0.25) is 0 Å². The third-order valence-electron chi connectivity index (χ3n) is 4.32. The first-order valence-corrected chi connectivity index (χ1v) is 9.73. The molecule has 10 heteroatoms. The van der Waals surface area contributed by atoms with Crippen LogP contribution in [0, 0.1) is 0 Å². The zero-order chi connectivity index (χ0) is 18.6. The van der Waals surface area contributed by atoms with E-state index in [2.05, 4.69) is 20.4 Å². The molecule has 4 rings (SSSR count). The van der Waals surface area contributed by atoms with E-state index < -0.39 is 0 Å². The largest absolute Gasteiger partial charge is 0.454 e. The van der Waals surface area contributed by atoms with Crippen molar-refractivity contribution in [2.24, 2.45) is 7.05 Å². The molecular formula is C17H21N5O4S. The molecule has 2 aromatic rings. The lowest BCUT2D eigenvalue weighted by molar-refractivity contribution is -0.115. The Hall–Kier alpha value is -2.46. The minimum atomic E-state index is -0.0584. The summed E-state index contributed by atoms with van der Waals surface area (Å²) in [6, 6.07) is 5.36. The third kappa shape index (κ3) is 4.11. The number of nitrogens with zero attached hydrogens (tertiary/aromatic N) is 4. The molecule has 0 atom stereocenters. The number of hydrogen-bond donors (Lipinski definition) is 1. The van der Waals surface area contributed by atoms with Crippen molar-refractivity contribution in [1.82, 2.24) is 14.8 Å². The van der Waals surface area contributed by atoms with Crippen LogP contribution in [0.1, 0.15) is 6.42 Å². The number of fused-ring (bicyclic) bond motifs is 1. The predicted octanol–water partition coefficient (Wildman–Crippen LogP) is 1.50. The number of amides is 1. The number of ether oxygens (including phenoxy) is 3. The summed E-state index contributed by atoms with van der Waals surface area (Å²) in [5.41, 5.74) is 0.697. The van der Waals surface area contributed by atoms with Crippen molar-refractivity contribution in [2.45, 2.75) is 11.6 Å². The molecule has 0 radical (unpaired) electrons. The van der Waals surface area contributed by atoms with Gasteiger partial charge in [0, 0.05) is 44.1 Å². The molecular weight excluding hydrogens is 370 g/mol. The number of nitrogens with one attached hydrogen (secondary N) is 1. The van der Waals surface area contributed by atoms with E-state index in [9.17, 15) is 4.79 Å². The highest BCUT2D eigenvalue weighted by molar-refractivity contribution is 7.99. The molecule has 9 nitrogen and oxygen atoms in total. The van der Waals surface area contributed by atoms with E-state index in [-0.39, 0.29) is 12.7 Å². The van der Waals surface area contributed by atoms with Gasteiger partial charge in [0.15, 0.2) is 16.7 Å². The summed E-state index contributed by atoms with van der Waals surface area (Å²) < 4.78 is 17.9. The van der Waals surface area contributed by atoms with E-state index in [1.165, 1.54) is 11.8 Å². The minimum Gasteiger partial charge on any atom is -0.454 e. The molecule has 0 aliphatic carbocycles. The molecule has 2 aliphatic rings. The van der Waals surface area contributed by atoms with Crippen molar-refractivity contribution in [3.05, 3.63) is 18.2 Å². The molecule has 0 bridgehead atoms. The lowest BCUT2D eigenvalue weighted by Crippen LogP contribution is -2.37. The SMILES string of the molecule is Cn1c(SCCC(=O)Nc2ccc3c(c2)OCO3)nnc1N1CCOCC1. The average Bonchev–Trinajstić information content (AvgIpc) is 3.29. The molecule has 1 aromatic heterocycles. The van der Waals surface area contributed by atoms with Crippen molar-refractivity contribution in [1.29, 1.82) is 0 Å². The Balaban J connectivity index is 1.27. The van der Waals surface area contributed by atoms with E-state index in [0.717, 1.165) is 24.2 Å². The standard InChI is InChI=1S/C17H21N5O4S/c1-21-16(22-5-7-24-8-6-22)19-20-17(21)27-9-4-15(23)18-12-2-3-13-14(10-12)26-11-25-13/h2-3,10H,4-9,11H2,1H3,(H,18,23). The summed E-state index contributed by atoms with van der Waals surface area (Å²) in [6.07, 6.45) is 0.374. The van der Waals surface area contributed by atoms with Gasteiger partial charge in [-0.1, -0.05) is 11.8 Å². The molecule has 1 N–H and O–H groups in total. The minimum absolute atomic E-state index is 0.0584. The molecule has 0 saturated carbocycles. The van der Waals surface area contributed by atoms with Gasteiger partial charge in [-0.25, -0.2) is 0 Å². The highest BCUT2D eigenvalue weighted by Crippen LogP contribution is 2.34. The molecule has 1 amide bonds. The van der Waals surface area contributed by atoms with Gasteiger partial charge in [0.05, 0.1) is 13.2 Å². The first-order valence-electron chi connectivity index (χ1n) is 8.75. The van der Waals surface area contributed by atoms with Crippen molar-refractivity contribution in [2.75, 3.05) is 49.1 Å². The number of carbonyl (C=O) groups excluding carboxylic acids is 1. The first kappa shape index (κ1) is 17.9. The zero-order valence-corrected chi connectivity index (χ0v) is 15.8. The highest BCUT2D eigenvalue weighted by Gasteiger charge is 2.19. The lowest BCUT2D eigenvalue weighted by Gasteiger charge is -2.27. The highest BCUT2D eigenvalue weighted by atomic mass is 32.2. The van der Waals surface area contributed by atoms with Crippen LogP contribution in [0.5, 0.6) is 11.5 Å². The van der Waals surface area contributed by atoms with Gasteiger partial charge < -0.3 is 24.4 Å². The van der Waals surface area contributed by atoms with Gasteiger partial charge in [0.1, 0.15) is 0 Å². The third-order valence-corrected chi connectivity index (χ3v) is 5.34. The Labute approximate surface area is 161 Å². The van der Waals surface area contributed by atoms with Gasteiger partial charge in [-0.3, -0.25) is 9.36 Å². The number of benzene rings is 1. The van der Waals surface area contributed by atoms with E-state index in [4.69, 9.17) is 14.2 Å². The van der Waals surface area contributed by atoms with E-state index in [0.29, 0.717) is 42.6 Å². The van der Waals surface area contributed by atoms with Gasteiger partial charge >= 0.3 is 0 Å². The van der Waals surface area contributed by atoms with Crippen LogP contribution in [0.4, 0.5) is 11.6 Å². The first-order chi connectivity index (χ1) is 13.2. The summed E-state index contributed by atoms with van der Waals surface area (Å²) >= 11 is 1.52. The van der Waals surface area contributed by atoms with Crippen LogP contribution in [-0.2, 0) is 16.6 Å². The Kier molecular flexibility index (Phi) is 5.35. The van der Waals surface area contributed by atoms with E-state index in [1.807, 2.05) is 11.6 Å². The molecule has 1 fully saturated rings. The van der Waals surface area contributed by atoms with E-state index >= 15 is 0 Å². The average molecular weight is 391 g/mol. The molecule has 3 heterocycles. The van der Waals surface area contributed by atoms with Crippen molar-refractivity contribution in [3.8, 4) is 11.5 Å². The van der Waals surface area contributed by atoms with Crippen molar-refractivity contribution >= 4 is 29.3 Å². The van der Waals surface area contributed by atoms with Crippen molar-refractivity contribution in [3.63, 3.8) is 0 Å². The Bertz CT molecular complexity index is 822. The molecule has 0 unspecified atom stereocenters. The van der Waals surface area contributed by atoms with E-state index in [1.54, 1.807) is 18.2 Å². The monoisotopic (exact) mass is 391 g/mol. The second-order valence-corrected chi connectivity index (χ2v) is 7.22. The topological polar surface area (TPSA) is 90.7 Å². The molecule has 1 aromatic carbocycles. The Morgan fingerprint density at radius 3 is 2.89 bits per heavy atom. The van der Waals surface area contributed by atoms with Crippen molar-refractivity contribution < 1.29 is 19.0 Å². The summed E-state index contributed by atoms with van der Waals surface area (Å²) in [5.74, 6) is 2.74. The number of morpholine rings is 1. The summed E-state index contributed by atoms with van der Waals surface area (Å²) in [7, 11) is 1.94. The molecule has 0 spiro atoms. The fourth-order valence-electron chi connectivity index (χ4n) is 2.90. The molecule has 144 valence electrons. The normalized spacial score (nSPS) is 15.8. The Morgan fingerprint density at radius 2 is 2.04 bits per heavy atom. The number of anilines is 2. The number of rotatable bonds is 6. The van der Waals surface area contributed by atoms with Crippen LogP contribution in [-0.4, -0.2) is 59.5 Å². The predicted molar refractivity (Wildman–Crippen MR) is 101 cm³/mol. The number of hydrogen-bond acceptors (Lipinski definition) is 8. The fraction of sp³-hybridized carbons (Fsp3) is 0.471. The number of thioether (sulfide) groups is 1. The second-order valence-electron chi connectivity index (χ2n) is 6.16. The number of carbonyl (C=O) groups is 1. The van der Waals surface area contributed by atoms with Gasteiger partial charge in [-0.05, 0) is 12.1 Å². The fourth-order valence-corrected chi connectivity index (χ4v) is 3.75. The summed E-state index contributed by atoms with van der Waals surface area (Å²) in [5, 5.41) is 12.2. The van der Waals surface area contributed by atoms with Gasteiger partial charge in [0.25, 0.3) is 0 Å². The number of aromatic nitrogens is 3. The Morgan fingerprint density at radius 1 is 1.22 bits per heavy atom.